The number of aryl methyl sites for hydroxylation is 2. The van der Waals surface area contributed by atoms with Crippen molar-refractivity contribution in [3.8, 4) is 17.4 Å². The normalized spacial score (nSPS) is 10.6. The van der Waals surface area contributed by atoms with E-state index in [0.717, 1.165) is 22.8 Å². The van der Waals surface area contributed by atoms with E-state index < -0.39 is 0 Å². The van der Waals surface area contributed by atoms with Gasteiger partial charge in [0.2, 0.25) is 5.88 Å². The lowest BCUT2D eigenvalue weighted by Gasteiger charge is -2.10. The lowest BCUT2D eigenvalue weighted by atomic mass is 10.2. The molecule has 150 valence electrons. The quantitative estimate of drug-likeness (QED) is 0.530. The number of aromatic nitrogens is 4. The van der Waals surface area contributed by atoms with Gasteiger partial charge in [-0.1, -0.05) is 24.3 Å². The zero-order valence-electron chi connectivity index (χ0n) is 16.7. The molecule has 0 bridgehead atoms. The van der Waals surface area contributed by atoms with Crippen LogP contribution in [0.4, 0.5) is 0 Å². The smallest absolute Gasteiger partial charge is 0.257 e. The third kappa shape index (κ3) is 4.35. The summed E-state index contributed by atoms with van der Waals surface area (Å²) in [4.78, 5) is 21.4. The Labute approximate surface area is 174 Å². The van der Waals surface area contributed by atoms with Crippen LogP contribution >= 0.6 is 0 Å². The van der Waals surface area contributed by atoms with E-state index in [1.54, 1.807) is 29.2 Å². The standard InChI is InChI=1S/C23H21N5O2/c1-16-13-17(2)28(27-16)21-11-10-18(14-25-21)15-26-22(29)20-9-6-12-24-23(20)30-19-7-4-3-5-8-19/h3-14H,15H2,1-2H3,(H,26,29). The van der Waals surface area contributed by atoms with Crippen molar-refractivity contribution in [1.82, 2.24) is 25.1 Å². The van der Waals surface area contributed by atoms with E-state index >= 15 is 0 Å². The van der Waals surface area contributed by atoms with E-state index in [9.17, 15) is 4.79 Å². The van der Waals surface area contributed by atoms with Gasteiger partial charge in [0.15, 0.2) is 5.82 Å². The first kappa shape index (κ1) is 19.3. The van der Waals surface area contributed by atoms with Crippen LogP contribution in [0.3, 0.4) is 0 Å². The molecule has 30 heavy (non-hydrogen) atoms. The third-order valence-electron chi connectivity index (χ3n) is 4.46. The van der Waals surface area contributed by atoms with E-state index in [1.165, 1.54) is 0 Å². The van der Waals surface area contributed by atoms with Crippen molar-refractivity contribution < 1.29 is 9.53 Å². The molecule has 0 atom stereocenters. The second-order valence-electron chi connectivity index (χ2n) is 6.82. The Morgan fingerprint density at radius 1 is 1.03 bits per heavy atom. The van der Waals surface area contributed by atoms with Gasteiger partial charge in [-0.2, -0.15) is 5.10 Å². The number of para-hydroxylation sites is 1. The SMILES string of the molecule is Cc1cc(C)n(-c2ccc(CNC(=O)c3cccnc3Oc3ccccc3)cn2)n1. The number of hydrogen-bond donors (Lipinski definition) is 1. The van der Waals surface area contributed by atoms with Gasteiger partial charge < -0.3 is 10.1 Å². The molecule has 3 heterocycles. The first-order valence-corrected chi connectivity index (χ1v) is 9.55. The van der Waals surface area contributed by atoms with Crippen LogP contribution in [0.2, 0.25) is 0 Å². The minimum atomic E-state index is -0.267. The molecule has 0 fully saturated rings. The molecule has 1 aromatic carbocycles. The Balaban J connectivity index is 1.43. The van der Waals surface area contributed by atoms with Gasteiger partial charge in [-0.3, -0.25) is 4.79 Å². The minimum absolute atomic E-state index is 0.263. The molecule has 0 aliphatic rings. The maximum atomic E-state index is 12.7. The van der Waals surface area contributed by atoms with E-state index in [2.05, 4.69) is 20.4 Å². The van der Waals surface area contributed by atoms with Crippen molar-refractivity contribution in [2.24, 2.45) is 0 Å². The maximum Gasteiger partial charge on any atom is 0.257 e. The predicted molar refractivity (Wildman–Crippen MR) is 113 cm³/mol. The van der Waals surface area contributed by atoms with Crippen LogP contribution in [-0.2, 0) is 6.54 Å². The number of rotatable bonds is 6. The van der Waals surface area contributed by atoms with Crippen molar-refractivity contribution in [1.29, 1.82) is 0 Å². The van der Waals surface area contributed by atoms with Gasteiger partial charge >= 0.3 is 0 Å². The Morgan fingerprint density at radius 2 is 1.87 bits per heavy atom. The number of carbonyl (C=O) groups excluding carboxylic acids is 1. The lowest BCUT2D eigenvalue weighted by molar-refractivity contribution is 0.0948. The Bertz CT molecular complexity index is 1150. The molecule has 4 aromatic rings. The molecule has 0 aliphatic carbocycles. The molecule has 0 spiro atoms. The van der Waals surface area contributed by atoms with Crippen LogP contribution in [0, 0.1) is 13.8 Å². The second kappa shape index (κ2) is 8.57. The van der Waals surface area contributed by atoms with Crippen molar-refractivity contribution >= 4 is 5.91 Å². The summed E-state index contributed by atoms with van der Waals surface area (Å²) in [5, 5.41) is 7.33. The topological polar surface area (TPSA) is 81.9 Å². The number of nitrogens with zero attached hydrogens (tertiary/aromatic N) is 4. The Hall–Kier alpha value is -4.00. The predicted octanol–water partition coefficient (Wildman–Crippen LogP) is 4.00. The van der Waals surface area contributed by atoms with Crippen LogP contribution < -0.4 is 10.1 Å². The molecule has 0 unspecified atom stereocenters. The van der Waals surface area contributed by atoms with Crippen molar-refractivity contribution in [2.45, 2.75) is 20.4 Å². The van der Waals surface area contributed by atoms with Crippen LogP contribution in [0.1, 0.15) is 27.3 Å². The number of carbonyl (C=O) groups is 1. The molecule has 0 aliphatic heterocycles. The lowest BCUT2D eigenvalue weighted by Crippen LogP contribution is -2.23. The molecular weight excluding hydrogens is 378 g/mol. The molecule has 7 nitrogen and oxygen atoms in total. The van der Waals surface area contributed by atoms with Crippen LogP contribution in [0.5, 0.6) is 11.6 Å². The molecule has 0 radical (unpaired) electrons. The summed E-state index contributed by atoms with van der Waals surface area (Å²) in [5.41, 5.74) is 3.20. The first-order valence-electron chi connectivity index (χ1n) is 9.55. The maximum absolute atomic E-state index is 12.7. The third-order valence-corrected chi connectivity index (χ3v) is 4.46. The van der Waals surface area contributed by atoms with Gasteiger partial charge in [0.1, 0.15) is 11.3 Å². The van der Waals surface area contributed by atoms with Gasteiger partial charge in [-0.15, -0.1) is 0 Å². The molecule has 4 rings (SSSR count). The second-order valence-corrected chi connectivity index (χ2v) is 6.82. The summed E-state index contributed by atoms with van der Waals surface area (Å²) in [6.07, 6.45) is 3.33. The average molecular weight is 399 g/mol. The molecule has 7 heteroatoms. The fourth-order valence-corrected chi connectivity index (χ4v) is 3.03. The summed E-state index contributed by atoms with van der Waals surface area (Å²) < 4.78 is 7.56. The van der Waals surface area contributed by atoms with Gasteiger partial charge in [0.05, 0.1) is 5.69 Å². The number of hydrogen-bond acceptors (Lipinski definition) is 5. The summed E-state index contributed by atoms with van der Waals surface area (Å²) >= 11 is 0. The molecule has 3 aromatic heterocycles. The zero-order valence-corrected chi connectivity index (χ0v) is 16.7. The summed E-state index contributed by atoms with van der Waals surface area (Å²) in [5.74, 6) is 1.35. The highest BCUT2D eigenvalue weighted by atomic mass is 16.5. The van der Waals surface area contributed by atoms with E-state index in [-0.39, 0.29) is 11.8 Å². The van der Waals surface area contributed by atoms with Crippen LogP contribution in [0.15, 0.2) is 73.1 Å². The zero-order chi connectivity index (χ0) is 20.9. The largest absolute Gasteiger partial charge is 0.438 e. The fourth-order valence-electron chi connectivity index (χ4n) is 3.03. The molecule has 0 saturated heterocycles. The van der Waals surface area contributed by atoms with Gasteiger partial charge in [0, 0.05) is 24.6 Å². The molecule has 1 amide bonds. The van der Waals surface area contributed by atoms with Gasteiger partial charge in [0.25, 0.3) is 5.91 Å². The summed E-state index contributed by atoms with van der Waals surface area (Å²) in [6.45, 7) is 4.27. The van der Waals surface area contributed by atoms with E-state index in [4.69, 9.17) is 4.74 Å². The molecular formula is C23H21N5O2. The van der Waals surface area contributed by atoms with Crippen molar-refractivity contribution in [2.75, 3.05) is 0 Å². The number of benzene rings is 1. The molecule has 0 saturated carbocycles. The monoisotopic (exact) mass is 399 g/mol. The average Bonchev–Trinajstić information content (AvgIpc) is 3.11. The highest BCUT2D eigenvalue weighted by Crippen LogP contribution is 2.22. The fraction of sp³-hybridized carbons (Fsp3) is 0.130. The Morgan fingerprint density at radius 3 is 2.57 bits per heavy atom. The minimum Gasteiger partial charge on any atom is -0.438 e. The van der Waals surface area contributed by atoms with Gasteiger partial charge in [-0.05, 0) is 55.8 Å². The first-order chi connectivity index (χ1) is 14.6. The number of amides is 1. The highest BCUT2D eigenvalue weighted by molar-refractivity contribution is 5.96. The van der Waals surface area contributed by atoms with E-state index in [1.807, 2.05) is 62.4 Å². The Kier molecular flexibility index (Phi) is 5.52. The van der Waals surface area contributed by atoms with Crippen LogP contribution in [0.25, 0.3) is 5.82 Å². The van der Waals surface area contributed by atoms with Crippen LogP contribution in [-0.4, -0.2) is 25.7 Å². The summed E-state index contributed by atoms with van der Waals surface area (Å²) in [6, 6.07) is 18.4. The molecule has 1 N–H and O–H groups in total. The number of nitrogens with one attached hydrogen (secondary N) is 1. The van der Waals surface area contributed by atoms with E-state index in [0.29, 0.717) is 17.9 Å². The number of pyridine rings is 2. The number of ether oxygens (including phenoxy) is 1. The van der Waals surface area contributed by atoms with Gasteiger partial charge in [-0.25, -0.2) is 14.6 Å². The highest BCUT2D eigenvalue weighted by Gasteiger charge is 2.14. The van der Waals surface area contributed by atoms with Crippen molar-refractivity contribution in [3.05, 3.63) is 95.6 Å². The summed E-state index contributed by atoms with van der Waals surface area (Å²) in [7, 11) is 0. The van der Waals surface area contributed by atoms with Crippen molar-refractivity contribution in [3.63, 3.8) is 0 Å².